The molecule has 2 aliphatic carbocycles. The fourth-order valence-corrected chi connectivity index (χ4v) is 4.07. The molecular weight excluding hydrogens is 210 g/mol. The van der Waals surface area contributed by atoms with Gasteiger partial charge in [-0.15, -0.1) is 0 Å². The average molecular weight is 237 g/mol. The van der Waals surface area contributed by atoms with Crippen LogP contribution in [-0.4, -0.2) is 54.1 Å². The van der Waals surface area contributed by atoms with Gasteiger partial charge in [0.05, 0.1) is 0 Å². The number of hydrogen-bond donors (Lipinski definition) is 1. The number of piperazine rings is 1. The average Bonchev–Trinajstić information content (AvgIpc) is 2.83. The third kappa shape index (κ3) is 2.13. The summed E-state index contributed by atoms with van der Waals surface area (Å²) in [5.41, 5.74) is 6.41. The van der Waals surface area contributed by atoms with Crippen LogP contribution in [0.2, 0.25) is 0 Å². The maximum atomic E-state index is 6.00. The van der Waals surface area contributed by atoms with Gasteiger partial charge in [0.2, 0.25) is 0 Å². The molecule has 3 nitrogen and oxygen atoms in total. The first-order valence-corrected chi connectivity index (χ1v) is 7.53. The Labute approximate surface area is 105 Å². The Morgan fingerprint density at radius 2 is 1.59 bits per heavy atom. The van der Waals surface area contributed by atoms with Crippen LogP contribution in [0, 0.1) is 0 Å². The van der Waals surface area contributed by atoms with Crippen LogP contribution < -0.4 is 5.73 Å². The fraction of sp³-hybridized carbons (Fsp3) is 1.00. The van der Waals surface area contributed by atoms with Crippen molar-refractivity contribution in [1.82, 2.24) is 9.80 Å². The molecule has 1 saturated heterocycles. The highest BCUT2D eigenvalue weighted by atomic mass is 15.3. The topological polar surface area (TPSA) is 32.5 Å². The molecule has 98 valence electrons. The Morgan fingerprint density at radius 1 is 0.941 bits per heavy atom. The molecule has 0 amide bonds. The van der Waals surface area contributed by atoms with Crippen molar-refractivity contribution in [2.45, 2.75) is 56.5 Å². The van der Waals surface area contributed by atoms with Crippen molar-refractivity contribution in [1.29, 1.82) is 0 Å². The van der Waals surface area contributed by atoms with Crippen LogP contribution in [0.4, 0.5) is 0 Å². The van der Waals surface area contributed by atoms with Gasteiger partial charge in [0.25, 0.3) is 0 Å². The minimum Gasteiger partial charge on any atom is -0.329 e. The lowest BCUT2D eigenvalue weighted by Gasteiger charge is -2.53. The van der Waals surface area contributed by atoms with E-state index in [4.69, 9.17) is 5.73 Å². The summed E-state index contributed by atoms with van der Waals surface area (Å²) in [5.74, 6) is 0. The Hall–Kier alpha value is -0.120. The Kier molecular flexibility index (Phi) is 3.42. The van der Waals surface area contributed by atoms with Gasteiger partial charge in [0.1, 0.15) is 0 Å². The largest absolute Gasteiger partial charge is 0.329 e. The molecule has 2 saturated carbocycles. The molecule has 1 aliphatic heterocycles. The van der Waals surface area contributed by atoms with Crippen LogP contribution >= 0.6 is 0 Å². The molecule has 1 heterocycles. The van der Waals surface area contributed by atoms with Gasteiger partial charge in [-0.25, -0.2) is 0 Å². The van der Waals surface area contributed by atoms with E-state index < -0.39 is 0 Å². The summed E-state index contributed by atoms with van der Waals surface area (Å²) in [4.78, 5) is 5.44. The van der Waals surface area contributed by atoms with Gasteiger partial charge in [-0.1, -0.05) is 12.8 Å². The maximum absolute atomic E-state index is 6.00. The molecular formula is C14H27N3. The van der Waals surface area contributed by atoms with E-state index in [2.05, 4.69) is 9.80 Å². The van der Waals surface area contributed by atoms with Gasteiger partial charge >= 0.3 is 0 Å². The number of rotatable bonds is 3. The summed E-state index contributed by atoms with van der Waals surface area (Å²) < 4.78 is 0. The molecule has 0 aromatic carbocycles. The molecule has 0 aromatic heterocycles. The van der Waals surface area contributed by atoms with Gasteiger partial charge in [0, 0.05) is 44.3 Å². The first-order valence-electron chi connectivity index (χ1n) is 7.53. The number of nitrogens with zero attached hydrogens (tertiary/aromatic N) is 2. The summed E-state index contributed by atoms with van der Waals surface area (Å²) in [6.07, 6.45) is 9.87. The number of nitrogens with two attached hydrogens (primary N) is 1. The highest BCUT2D eigenvalue weighted by Gasteiger charge is 2.42. The maximum Gasteiger partial charge on any atom is 0.0332 e. The van der Waals surface area contributed by atoms with Crippen LogP contribution in [-0.2, 0) is 0 Å². The summed E-state index contributed by atoms with van der Waals surface area (Å²) in [6, 6.07) is 0.910. The second-order valence-corrected chi connectivity index (χ2v) is 6.24. The molecule has 0 radical (unpaired) electrons. The van der Waals surface area contributed by atoms with Gasteiger partial charge in [-0.2, -0.15) is 0 Å². The quantitative estimate of drug-likeness (QED) is 0.806. The van der Waals surface area contributed by atoms with E-state index in [0.717, 1.165) is 12.6 Å². The molecule has 3 rings (SSSR count). The summed E-state index contributed by atoms with van der Waals surface area (Å²) >= 11 is 0. The lowest BCUT2D eigenvalue weighted by molar-refractivity contribution is -0.0209. The third-order valence-corrected chi connectivity index (χ3v) is 5.49. The lowest BCUT2D eigenvalue weighted by Crippen LogP contribution is -2.64. The van der Waals surface area contributed by atoms with Crippen LogP contribution in [0.3, 0.4) is 0 Å². The van der Waals surface area contributed by atoms with Crippen LogP contribution in [0.15, 0.2) is 0 Å². The van der Waals surface area contributed by atoms with Crippen LogP contribution in [0.1, 0.15) is 44.9 Å². The minimum absolute atomic E-state index is 0.405. The highest BCUT2D eigenvalue weighted by Crippen LogP contribution is 2.37. The van der Waals surface area contributed by atoms with Crippen molar-refractivity contribution >= 4 is 0 Å². The van der Waals surface area contributed by atoms with Crippen molar-refractivity contribution < 1.29 is 0 Å². The van der Waals surface area contributed by atoms with Crippen molar-refractivity contribution in [3.05, 3.63) is 0 Å². The van der Waals surface area contributed by atoms with E-state index in [1.165, 1.54) is 71.1 Å². The van der Waals surface area contributed by atoms with Crippen LogP contribution in [0.5, 0.6) is 0 Å². The summed E-state index contributed by atoms with van der Waals surface area (Å²) in [7, 11) is 0. The molecule has 2 N–H and O–H groups in total. The van der Waals surface area contributed by atoms with Gasteiger partial charge in [0.15, 0.2) is 0 Å². The zero-order chi connectivity index (χ0) is 11.7. The van der Waals surface area contributed by atoms with E-state index in [9.17, 15) is 0 Å². The SMILES string of the molecule is NCC1(N2CCN(C3CCCC3)CC2)CCC1. The standard InChI is InChI=1S/C14H27N3/c15-12-14(6-3-7-14)17-10-8-16(9-11-17)13-4-1-2-5-13/h13H,1-12,15H2. The summed E-state index contributed by atoms with van der Waals surface area (Å²) in [5, 5.41) is 0. The minimum atomic E-state index is 0.405. The molecule has 0 aromatic rings. The van der Waals surface area contributed by atoms with Crippen LogP contribution in [0.25, 0.3) is 0 Å². The molecule has 0 atom stereocenters. The normalized spacial score (nSPS) is 31.6. The molecule has 0 unspecified atom stereocenters. The predicted octanol–water partition coefficient (Wildman–Crippen LogP) is 1.43. The zero-order valence-electron chi connectivity index (χ0n) is 11.0. The van der Waals surface area contributed by atoms with Crippen molar-refractivity contribution in [2.75, 3.05) is 32.7 Å². The van der Waals surface area contributed by atoms with Gasteiger partial charge in [-0.3, -0.25) is 9.80 Å². The van der Waals surface area contributed by atoms with E-state index in [1.807, 2.05) is 0 Å². The fourth-order valence-electron chi connectivity index (χ4n) is 4.07. The van der Waals surface area contributed by atoms with E-state index in [-0.39, 0.29) is 0 Å². The Balaban J connectivity index is 1.53. The molecule has 3 heteroatoms. The molecule has 0 spiro atoms. The predicted molar refractivity (Wildman–Crippen MR) is 71.0 cm³/mol. The van der Waals surface area contributed by atoms with E-state index in [1.54, 1.807) is 0 Å². The van der Waals surface area contributed by atoms with E-state index in [0.29, 0.717) is 5.54 Å². The molecule has 0 bridgehead atoms. The lowest BCUT2D eigenvalue weighted by atomic mass is 9.75. The first-order chi connectivity index (χ1) is 8.34. The van der Waals surface area contributed by atoms with Gasteiger partial charge in [-0.05, 0) is 32.1 Å². The molecule has 3 fully saturated rings. The molecule has 17 heavy (non-hydrogen) atoms. The van der Waals surface area contributed by atoms with E-state index >= 15 is 0 Å². The second-order valence-electron chi connectivity index (χ2n) is 6.24. The smallest absolute Gasteiger partial charge is 0.0332 e. The number of hydrogen-bond acceptors (Lipinski definition) is 3. The second kappa shape index (κ2) is 4.87. The Bertz CT molecular complexity index is 243. The summed E-state index contributed by atoms with van der Waals surface area (Å²) in [6.45, 7) is 5.96. The third-order valence-electron chi connectivity index (χ3n) is 5.49. The highest BCUT2D eigenvalue weighted by molar-refractivity contribution is 5.00. The van der Waals surface area contributed by atoms with Crippen molar-refractivity contribution in [2.24, 2.45) is 5.73 Å². The monoisotopic (exact) mass is 237 g/mol. The zero-order valence-corrected chi connectivity index (χ0v) is 11.0. The van der Waals surface area contributed by atoms with Crippen molar-refractivity contribution in [3.8, 4) is 0 Å². The Morgan fingerprint density at radius 3 is 2.06 bits per heavy atom. The van der Waals surface area contributed by atoms with Crippen molar-refractivity contribution in [3.63, 3.8) is 0 Å². The van der Waals surface area contributed by atoms with Gasteiger partial charge < -0.3 is 5.73 Å². The first kappa shape index (κ1) is 11.9. The molecule has 3 aliphatic rings.